The number of carbonyl (C=O) groups is 2. The third-order valence-corrected chi connectivity index (χ3v) is 4.59. The number of hydrogen-bond acceptors (Lipinski definition) is 4. The van der Waals surface area contributed by atoms with E-state index in [2.05, 4.69) is 5.32 Å². The van der Waals surface area contributed by atoms with Crippen molar-refractivity contribution in [1.29, 1.82) is 0 Å². The zero-order valence-electron chi connectivity index (χ0n) is 14.2. The largest absolute Gasteiger partial charge is 0.490 e. The molecule has 1 saturated heterocycles. The molecule has 1 aromatic carbocycles. The molecule has 130 valence electrons. The number of ether oxygens (including phenoxy) is 2. The fourth-order valence-corrected chi connectivity index (χ4v) is 3.26. The molecule has 1 N–H and O–H groups in total. The Labute approximate surface area is 142 Å². The fraction of sp³-hybridized carbons (Fsp3) is 0.556. The molecule has 0 spiro atoms. The average Bonchev–Trinajstić information content (AvgIpc) is 2.94. The van der Waals surface area contributed by atoms with Gasteiger partial charge in [-0.2, -0.15) is 0 Å². The maximum atomic E-state index is 12.5. The van der Waals surface area contributed by atoms with Gasteiger partial charge in [-0.15, -0.1) is 0 Å². The molecule has 0 unspecified atom stereocenters. The maximum Gasteiger partial charge on any atom is 0.243 e. The molecule has 6 nitrogen and oxygen atoms in total. The van der Waals surface area contributed by atoms with Crippen LogP contribution in [0.3, 0.4) is 0 Å². The highest BCUT2D eigenvalue weighted by Gasteiger charge is 2.33. The number of fused-ring (bicyclic) bond motifs is 1. The zero-order valence-corrected chi connectivity index (χ0v) is 14.2. The summed E-state index contributed by atoms with van der Waals surface area (Å²) in [6.07, 6.45) is 2.45. The molecule has 0 radical (unpaired) electrons. The van der Waals surface area contributed by atoms with E-state index in [1.54, 1.807) is 4.90 Å². The van der Waals surface area contributed by atoms with Crippen LogP contribution in [0.2, 0.25) is 0 Å². The lowest BCUT2D eigenvalue weighted by Gasteiger charge is -2.24. The van der Waals surface area contributed by atoms with Crippen molar-refractivity contribution in [2.75, 3.05) is 19.8 Å². The lowest BCUT2D eigenvalue weighted by Crippen LogP contribution is -2.45. The predicted molar refractivity (Wildman–Crippen MR) is 89.0 cm³/mol. The van der Waals surface area contributed by atoms with Gasteiger partial charge < -0.3 is 19.7 Å². The molecule has 2 aliphatic heterocycles. The Morgan fingerprint density at radius 3 is 2.71 bits per heavy atom. The molecule has 1 fully saturated rings. The molecular weight excluding hydrogens is 308 g/mol. The lowest BCUT2D eigenvalue weighted by molar-refractivity contribution is -0.137. The first kappa shape index (κ1) is 16.6. The van der Waals surface area contributed by atoms with Crippen LogP contribution in [-0.4, -0.2) is 42.5 Å². The molecule has 3 rings (SSSR count). The minimum absolute atomic E-state index is 0.0455. The Hall–Kier alpha value is -2.24. The maximum absolute atomic E-state index is 12.5. The van der Waals surface area contributed by atoms with E-state index in [1.165, 1.54) is 6.92 Å². The van der Waals surface area contributed by atoms with Gasteiger partial charge in [0.2, 0.25) is 11.8 Å². The summed E-state index contributed by atoms with van der Waals surface area (Å²) in [5, 5.41) is 3.02. The normalized spacial score (nSPS) is 21.1. The van der Waals surface area contributed by atoms with E-state index in [4.69, 9.17) is 9.47 Å². The van der Waals surface area contributed by atoms with Crippen LogP contribution in [0, 0.1) is 0 Å². The van der Waals surface area contributed by atoms with E-state index >= 15 is 0 Å². The summed E-state index contributed by atoms with van der Waals surface area (Å²) in [6.45, 7) is 5.39. The van der Waals surface area contributed by atoms with Crippen LogP contribution in [0.25, 0.3) is 0 Å². The van der Waals surface area contributed by atoms with Gasteiger partial charge in [0.1, 0.15) is 6.04 Å². The number of hydrogen-bond donors (Lipinski definition) is 1. The Bertz CT molecular complexity index is 631. The van der Waals surface area contributed by atoms with Crippen LogP contribution in [-0.2, 0) is 9.59 Å². The number of likely N-dealkylation sites (tertiary alicyclic amines) is 1. The Morgan fingerprint density at radius 1 is 1.21 bits per heavy atom. The molecule has 0 aromatic heterocycles. The van der Waals surface area contributed by atoms with Crippen molar-refractivity contribution < 1.29 is 19.1 Å². The van der Waals surface area contributed by atoms with Gasteiger partial charge in [-0.05, 0) is 37.5 Å². The SMILES string of the molecule is CC(=O)N1CCC[C@@H]1C(=O)N[C@@H](C)c1ccc2c(c1)OCCCO2. The summed E-state index contributed by atoms with van der Waals surface area (Å²) >= 11 is 0. The second-order valence-electron chi connectivity index (χ2n) is 6.36. The number of amides is 2. The summed E-state index contributed by atoms with van der Waals surface area (Å²) in [5.41, 5.74) is 0.958. The molecule has 0 bridgehead atoms. The predicted octanol–water partition coefficient (Wildman–Crippen LogP) is 2.04. The van der Waals surface area contributed by atoms with Gasteiger partial charge in [-0.1, -0.05) is 6.07 Å². The van der Waals surface area contributed by atoms with E-state index in [0.717, 1.165) is 36.3 Å². The highest BCUT2D eigenvalue weighted by molar-refractivity contribution is 5.87. The van der Waals surface area contributed by atoms with Crippen molar-refractivity contribution >= 4 is 11.8 Å². The topological polar surface area (TPSA) is 67.9 Å². The first-order valence-electron chi connectivity index (χ1n) is 8.53. The smallest absolute Gasteiger partial charge is 0.243 e. The quantitative estimate of drug-likeness (QED) is 0.920. The molecule has 2 aliphatic rings. The molecule has 6 heteroatoms. The van der Waals surface area contributed by atoms with Crippen molar-refractivity contribution in [3.63, 3.8) is 0 Å². The first-order chi connectivity index (χ1) is 11.6. The standard InChI is InChI=1S/C18H24N2O4/c1-12(19-18(22)15-5-3-8-20(15)13(2)21)14-6-7-16-17(11-14)24-10-4-9-23-16/h6-7,11-12,15H,3-5,8-10H2,1-2H3,(H,19,22)/t12-,15+/m0/s1. The summed E-state index contributed by atoms with van der Waals surface area (Å²) < 4.78 is 11.3. The van der Waals surface area contributed by atoms with Gasteiger partial charge in [-0.3, -0.25) is 9.59 Å². The van der Waals surface area contributed by atoms with Gasteiger partial charge in [0, 0.05) is 19.9 Å². The number of rotatable bonds is 3. The molecule has 0 saturated carbocycles. The number of benzene rings is 1. The average molecular weight is 332 g/mol. The number of nitrogens with one attached hydrogen (secondary N) is 1. The molecule has 2 atom stereocenters. The summed E-state index contributed by atoms with van der Waals surface area (Å²) in [4.78, 5) is 25.8. The van der Waals surface area contributed by atoms with Crippen molar-refractivity contribution in [3.05, 3.63) is 23.8 Å². The minimum Gasteiger partial charge on any atom is -0.490 e. The molecule has 1 aromatic rings. The number of nitrogens with zero attached hydrogens (tertiary/aromatic N) is 1. The second kappa shape index (κ2) is 7.11. The van der Waals surface area contributed by atoms with Gasteiger partial charge >= 0.3 is 0 Å². The Morgan fingerprint density at radius 2 is 1.96 bits per heavy atom. The van der Waals surface area contributed by atoms with E-state index < -0.39 is 0 Å². The van der Waals surface area contributed by atoms with Crippen LogP contribution >= 0.6 is 0 Å². The molecular formula is C18H24N2O4. The molecule has 2 amide bonds. The van der Waals surface area contributed by atoms with Crippen LogP contribution in [0.5, 0.6) is 11.5 Å². The van der Waals surface area contributed by atoms with E-state index in [9.17, 15) is 9.59 Å². The van der Waals surface area contributed by atoms with E-state index in [-0.39, 0.29) is 23.9 Å². The summed E-state index contributed by atoms with van der Waals surface area (Å²) in [7, 11) is 0. The first-order valence-corrected chi connectivity index (χ1v) is 8.53. The van der Waals surface area contributed by atoms with Crippen LogP contribution in [0.15, 0.2) is 18.2 Å². The van der Waals surface area contributed by atoms with Crippen molar-refractivity contribution in [2.45, 2.75) is 45.2 Å². The zero-order chi connectivity index (χ0) is 17.1. The highest BCUT2D eigenvalue weighted by Crippen LogP contribution is 2.32. The van der Waals surface area contributed by atoms with E-state index in [0.29, 0.717) is 19.8 Å². The molecule has 24 heavy (non-hydrogen) atoms. The van der Waals surface area contributed by atoms with Crippen molar-refractivity contribution in [1.82, 2.24) is 10.2 Å². The van der Waals surface area contributed by atoms with Gasteiger partial charge in [0.15, 0.2) is 11.5 Å². The van der Waals surface area contributed by atoms with Crippen molar-refractivity contribution in [2.24, 2.45) is 0 Å². The fourth-order valence-electron chi connectivity index (χ4n) is 3.26. The minimum atomic E-state index is -0.356. The van der Waals surface area contributed by atoms with Gasteiger partial charge in [-0.25, -0.2) is 0 Å². The Kier molecular flexibility index (Phi) is 4.92. The highest BCUT2D eigenvalue weighted by atomic mass is 16.5. The Balaban J connectivity index is 1.68. The summed E-state index contributed by atoms with van der Waals surface area (Å²) in [5.74, 6) is 1.32. The van der Waals surface area contributed by atoms with E-state index in [1.807, 2.05) is 25.1 Å². The van der Waals surface area contributed by atoms with Gasteiger partial charge in [0.05, 0.1) is 19.3 Å². The monoisotopic (exact) mass is 332 g/mol. The van der Waals surface area contributed by atoms with Crippen LogP contribution < -0.4 is 14.8 Å². The van der Waals surface area contributed by atoms with Gasteiger partial charge in [0.25, 0.3) is 0 Å². The number of carbonyl (C=O) groups excluding carboxylic acids is 2. The lowest BCUT2D eigenvalue weighted by atomic mass is 10.1. The molecule has 2 heterocycles. The summed E-state index contributed by atoms with van der Waals surface area (Å²) in [6, 6.07) is 5.23. The van der Waals surface area contributed by atoms with Crippen LogP contribution in [0.1, 0.15) is 44.7 Å². The third kappa shape index (κ3) is 3.47. The van der Waals surface area contributed by atoms with Crippen molar-refractivity contribution in [3.8, 4) is 11.5 Å². The second-order valence-corrected chi connectivity index (χ2v) is 6.36. The third-order valence-electron chi connectivity index (χ3n) is 4.59. The molecule has 0 aliphatic carbocycles. The van der Waals surface area contributed by atoms with Crippen LogP contribution in [0.4, 0.5) is 0 Å².